The van der Waals surface area contributed by atoms with Gasteiger partial charge in [0, 0.05) is 6.42 Å². The molecule has 0 amide bonds. The zero-order valence-corrected chi connectivity index (χ0v) is 8.86. The molecule has 0 aliphatic heterocycles. The molecule has 1 aromatic rings. The third-order valence-corrected chi connectivity index (χ3v) is 2.95. The summed E-state index contributed by atoms with van der Waals surface area (Å²) >= 11 is 0. The number of carboxylic acid groups (broad SMARTS) is 1. The van der Waals surface area contributed by atoms with Crippen molar-refractivity contribution in [2.75, 3.05) is 0 Å². The van der Waals surface area contributed by atoms with Gasteiger partial charge in [0.05, 0.1) is 0 Å². The van der Waals surface area contributed by atoms with E-state index in [9.17, 15) is 4.79 Å². The quantitative estimate of drug-likeness (QED) is 0.819. The molecular formula is C10H14N2O3. The van der Waals surface area contributed by atoms with E-state index in [0.717, 1.165) is 0 Å². The lowest BCUT2D eigenvalue weighted by molar-refractivity contribution is 0.0680. The highest BCUT2D eigenvalue weighted by atomic mass is 16.5. The van der Waals surface area contributed by atoms with E-state index in [1.54, 1.807) is 0 Å². The molecule has 0 bridgehead atoms. The van der Waals surface area contributed by atoms with Gasteiger partial charge in [-0.15, -0.1) is 0 Å². The van der Waals surface area contributed by atoms with Crippen LogP contribution in [-0.2, 0) is 6.42 Å². The summed E-state index contributed by atoms with van der Waals surface area (Å²) in [7, 11) is 0. The minimum Gasteiger partial charge on any atom is -0.475 e. The number of rotatable bonds is 4. The first-order valence-corrected chi connectivity index (χ1v) is 5.05. The van der Waals surface area contributed by atoms with Crippen molar-refractivity contribution in [1.82, 2.24) is 10.1 Å². The Hall–Kier alpha value is -1.39. The number of aromatic nitrogens is 2. The Kier molecular flexibility index (Phi) is 2.25. The second kappa shape index (κ2) is 3.32. The van der Waals surface area contributed by atoms with Crippen LogP contribution >= 0.6 is 0 Å². The Labute approximate surface area is 87.5 Å². The van der Waals surface area contributed by atoms with Crippen molar-refractivity contribution < 1.29 is 14.4 Å². The molecule has 1 aliphatic rings. The van der Waals surface area contributed by atoms with Crippen LogP contribution in [0, 0.1) is 11.3 Å². The van der Waals surface area contributed by atoms with Gasteiger partial charge in [-0.3, -0.25) is 0 Å². The maximum atomic E-state index is 10.5. The Bertz CT molecular complexity index is 380. The summed E-state index contributed by atoms with van der Waals surface area (Å²) in [5, 5.41) is 12.0. The summed E-state index contributed by atoms with van der Waals surface area (Å²) in [5.41, 5.74) is 0.127. The molecule has 1 heterocycles. The van der Waals surface area contributed by atoms with E-state index in [1.165, 1.54) is 12.8 Å². The van der Waals surface area contributed by atoms with E-state index in [0.29, 0.717) is 18.2 Å². The van der Waals surface area contributed by atoms with Gasteiger partial charge in [-0.1, -0.05) is 13.8 Å². The van der Waals surface area contributed by atoms with Gasteiger partial charge >= 0.3 is 5.97 Å². The van der Waals surface area contributed by atoms with Crippen molar-refractivity contribution in [3.63, 3.8) is 0 Å². The lowest BCUT2D eigenvalue weighted by atomic mass is 9.84. The third-order valence-electron chi connectivity index (χ3n) is 2.95. The molecule has 0 atom stereocenters. The summed E-state index contributed by atoms with van der Waals surface area (Å²) in [4.78, 5) is 14.4. The lowest BCUT2D eigenvalue weighted by Gasteiger charge is -2.21. The van der Waals surface area contributed by atoms with E-state index in [2.05, 4.69) is 24.0 Å². The number of carboxylic acids is 1. The molecule has 0 unspecified atom stereocenters. The zero-order chi connectivity index (χ0) is 11.1. The molecule has 15 heavy (non-hydrogen) atoms. The number of aromatic carboxylic acids is 1. The maximum Gasteiger partial charge on any atom is 0.377 e. The fraction of sp³-hybridized carbons (Fsp3) is 0.700. The topological polar surface area (TPSA) is 76.2 Å². The van der Waals surface area contributed by atoms with Gasteiger partial charge in [-0.2, -0.15) is 4.98 Å². The number of hydrogen-bond donors (Lipinski definition) is 1. The van der Waals surface area contributed by atoms with E-state index in [4.69, 9.17) is 9.63 Å². The molecule has 0 saturated heterocycles. The van der Waals surface area contributed by atoms with E-state index in [1.807, 2.05) is 0 Å². The second-order valence-corrected chi connectivity index (χ2v) is 4.76. The molecule has 82 valence electrons. The molecule has 2 rings (SSSR count). The smallest absolute Gasteiger partial charge is 0.377 e. The molecule has 0 spiro atoms. The summed E-state index contributed by atoms with van der Waals surface area (Å²) in [5.74, 6) is -0.271. The van der Waals surface area contributed by atoms with Crippen molar-refractivity contribution in [1.29, 1.82) is 0 Å². The van der Waals surface area contributed by atoms with Gasteiger partial charge < -0.3 is 9.63 Å². The monoisotopic (exact) mass is 210 g/mol. The van der Waals surface area contributed by atoms with Gasteiger partial charge in [0.2, 0.25) is 5.89 Å². The molecule has 1 aliphatic carbocycles. The largest absolute Gasteiger partial charge is 0.475 e. The van der Waals surface area contributed by atoms with Gasteiger partial charge in [0.1, 0.15) is 0 Å². The van der Waals surface area contributed by atoms with Gasteiger partial charge in [-0.25, -0.2) is 4.79 Å². The van der Waals surface area contributed by atoms with Crippen LogP contribution in [0.15, 0.2) is 4.52 Å². The number of nitrogens with zero attached hydrogens (tertiary/aromatic N) is 2. The van der Waals surface area contributed by atoms with E-state index >= 15 is 0 Å². The fourth-order valence-electron chi connectivity index (χ4n) is 1.81. The molecule has 1 aromatic heterocycles. The minimum atomic E-state index is -1.14. The first-order chi connectivity index (χ1) is 6.99. The van der Waals surface area contributed by atoms with Crippen LogP contribution in [0.4, 0.5) is 0 Å². The van der Waals surface area contributed by atoms with Gasteiger partial charge in [0.15, 0.2) is 0 Å². The molecule has 1 N–H and O–H groups in total. The van der Waals surface area contributed by atoms with Crippen molar-refractivity contribution >= 4 is 5.97 Å². The Morgan fingerprint density at radius 3 is 2.73 bits per heavy atom. The minimum absolute atomic E-state index is 0.127. The summed E-state index contributed by atoms with van der Waals surface area (Å²) in [6.45, 7) is 4.30. The Balaban J connectivity index is 2.06. The number of hydrogen-bond acceptors (Lipinski definition) is 4. The predicted octanol–water partition coefficient (Wildman–Crippen LogP) is 1.75. The fourth-order valence-corrected chi connectivity index (χ4v) is 1.81. The van der Waals surface area contributed by atoms with E-state index in [-0.39, 0.29) is 11.2 Å². The van der Waals surface area contributed by atoms with Crippen molar-refractivity contribution in [3.05, 3.63) is 11.7 Å². The van der Waals surface area contributed by atoms with Crippen LogP contribution in [0.25, 0.3) is 0 Å². The highest BCUT2D eigenvalue weighted by molar-refractivity contribution is 5.82. The zero-order valence-electron chi connectivity index (χ0n) is 8.86. The van der Waals surface area contributed by atoms with Gasteiger partial charge in [-0.05, 0) is 29.3 Å². The highest BCUT2D eigenvalue weighted by Gasteiger charge is 2.39. The molecule has 1 fully saturated rings. The standard InChI is InChI=1S/C10H14N2O3/c1-10(2,6-3-4-6)5-7-11-8(9(13)14)12-15-7/h6H,3-5H2,1-2H3,(H,13,14). The van der Waals surface area contributed by atoms with Crippen molar-refractivity contribution in [3.8, 4) is 0 Å². The van der Waals surface area contributed by atoms with Crippen LogP contribution in [0.1, 0.15) is 43.2 Å². The highest BCUT2D eigenvalue weighted by Crippen LogP contribution is 2.46. The van der Waals surface area contributed by atoms with Crippen LogP contribution in [0.3, 0.4) is 0 Å². The SMILES string of the molecule is CC(C)(Cc1nc(C(=O)O)no1)C1CC1. The average molecular weight is 210 g/mol. The molecule has 0 aromatic carbocycles. The van der Waals surface area contributed by atoms with Crippen LogP contribution in [-0.4, -0.2) is 21.2 Å². The first kappa shape index (κ1) is 10.1. The van der Waals surface area contributed by atoms with Crippen LogP contribution in [0.5, 0.6) is 0 Å². The van der Waals surface area contributed by atoms with Crippen molar-refractivity contribution in [2.45, 2.75) is 33.1 Å². The predicted molar refractivity (Wildman–Crippen MR) is 51.5 cm³/mol. The third kappa shape index (κ3) is 2.16. The normalized spacial score (nSPS) is 16.7. The molecule has 1 saturated carbocycles. The molecule has 5 heteroatoms. The van der Waals surface area contributed by atoms with Crippen LogP contribution in [0.2, 0.25) is 0 Å². The summed E-state index contributed by atoms with van der Waals surface area (Å²) in [6, 6.07) is 0. The van der Waals surface area contributed by atoms with Gasteiger partial charge in [0.25, 0.3) is 5.82 Å². The van der Waals surface area contributed by atoms with E-state index < -0.39 is 5.97 Å². The molecular weight excluding hydrogens is 196 g/mol. The average Bonchev–Trinajstić information content (AvgIpc) is 2.88. The summed E-state index contributed by atoms with van der Waals surface area (Å²) < 4.78 is 4.90. The number of carbonyl (C=O) groups is 1. The summed E-state index contributed by atoms with van der Waals surface area (Å²) in [6.07, 6.45) is 3.14. The van der Waals surface area contributed by atoms with Crippen molar-refractivity contribution in [2.24, 2.45) is 11.3 Å². The second-order valence-electron chi connectivity index (χ2n) is 4.76. The Morgan fingerprint density at radius 2 is 2.27 bits per heavy atom. The molecule has 0 radical (unpaired) electrons. The first-order valence-electron chi connectivity index (χ1n) is 5.05. The van der Waals surface area contributed by atoms with Crippen LogP contribution < -0.4 is 0 Å². The Morgan fingerprint density at radius 1 is 1.60 bits per heavy atom. The lowest BCUT2D eigenvalue weighted by Crippen LogP contribution is -2.17. The maximum absolute atomic E-state index is 10.5. The molecule has 5 nitrogen and oxygen atoms in total.